The lowest BCUT2D eigenvalue weighted by Gasteiger charge is -2.36. The van der Waals surface area contributed by atoms with Crippen LogP contribution < -0.4 is 10.2 Å². The van der Waals surface area contributed by atoms with Crippen LogP contribution in [-0.2, 0) is 0 Å². The normalized spacial score (nSPS) is 30.0. The largest absolute Gasteiger partial charge is 0.314 e. The van der Waals surface area contributed by atoms with E-state index in [1.807, 2.05) is 6.08 Å². The SMILES string of the molecule is FC1C2=C(C=CN1c1cc(Cl)c(Cl)c(Cl)c1)C1CCC(C2)N1. The van der Waals surface area contributed by atoms with Crippen LogP contribution in [0, 0.1) is 0 Å². The maximum Gasteiger partial charge on any atom is 0.198 e. The fourth-order valence-electron chi connectivity index (χ4n) is 3.60. The van der Waals surface area contributed by atoms with Crippen molar-refractivity contribution < 1.29 is 4.39 Å². The van der Waals surface area contributed by atoms with E-state index in [0.29, 0.717) is 32.8 Å². The molecule has 2 nitrogen and oxygen atoms in total. The summed E-state index contributed by atoms with van der Waals surface area (Å²) >= 11 is 18.1. The second-order valence-electron chi connectivity index (χ2n) is 5.96. The van der Waals surface area contributed by atoms with Gasteiger partial charge >= 0.3 is 0 Å². The third-order valence-corrected chi connectivity index (χ3v) is 5.86. The molecule has 3 unspecified atom stereocenters. The molecule has 3 aliphatic rings. The van der Waals surface area contributed by atoms with Gasteiger partial charge in [-0.3, -0.25) is 0 Å². The van der Waals surface area contributed by atoms with Gasteiger partial charge < -0.3 is 10.2 Å². The minimum Gasteiger partial charge on any atom is -0.314 e. The first-order chi connectivity index (χ1) is 10.5. The fourth-order valence-corrected chi connectivity index (χ4v) is 4.19. The molecule has 116 valence electrons. The average Bonchev–Trinajstić information content (AvgIpc) is 2.88. The number of anilines is 1. The van der Waals surface area contributed by atoms with Crippen LogP contribution in [0.3, 0.4) is 0 Å². The van der Waals surface area contributed by atoms with Gasteiger partial charge in [0.2, 0.25) is 0 Å². The summed E-state index contributed by atoms with van der Waals surface area (Å²) in [4.78, 5) is 1.57. The molecule has 2 bridgehead atoms. The Bertz CT molecular complexity index is 678. The van der Waals surface area contributed by atoms with Crippen LogP contribution in [0.15, 0.2) is 35.6 Å². The minimum absolute atomic E-state index is 0.294. The van der Waals surface area contributed by atoms with Gasteiger partial charge in [-0.15, -0.1) is 0 Å². The molecule has 0 amide bonds. The van der Waals surface area contributed by atoms with Crippen molar-refractivity contribution in [2.24, 2.45) is 0 Å². The van der Waals surface area contributed by atoms with Gasteiger partial charge in [-0.2, -0.15) is 0 Å². The zero-order chi connectivity index (χ0) is 15.4. The number of nitrogens with zero attached hydrogens (tertiary/aromatic N) is 1. The Balaban J connectivity index is 1.70. The first-order valence-corrected chi connectivity index (χ1v) is 8.42. The van der Waals surface area contributed by atoms with Crippen LogP contribution in [-0.4, -0.2) is 18.4 Å². The number of hydrogen-bond donors (Lipinski definition) is 1. The number of rotatable bonds is 1. The van der Waals surface area contributed by atoms with E-state index in [9.17, 15) is 0 Å². The third-order valence-electron chi connectivity index (χ3n) is 4.67. The first-order valence-electron chi connectivity index (χ1n) is 7.28. The minimum atomic E-state index is -1.18. The highest BCUT2D eigenvalue weighted by molar-refractivity contribution is 6.48. The summed E-state index contributed by atoms with van der Waals surface area (Å²) < 4.78 is 15.1. The summed E-state index contributed by atoms with van der Waals surface area (Å²) in [6, 6.07) is 3.98. The summed E-state index contributed by atoms with van der Waals surface area (Å²) in [5, 5.41) is 4.49. The predicted molar refractivity (Wildman–Crippen MR) is 89.6 cm³/mol. The summed E-state index contributed by atoms with van der Waals surface area (Å²) in [5.41, 5.74) is 2.58. The fraction of sp³-hybridized carbons (Fsp3) is 0.375. The molecule has 22 heavy (non-hydrogen) atoms. The van der Waals surface area contributed by atoms with Gasteiger partial charge in [-0.1, -0.05) is 34.8 Å². The van der Waals surface area contributed by atoms with Crippen molar-refractivity contribution in [1.29, 1.82) is 0 Å². The molecule has 3 heterocycles. The van der Waals surface area contributed by atoms with Crippen molar-refractivity contribution >= 4 is 40.5 Å². The van der Waals surface area contributed by atoms with Crippen LogP contribution >= 0.6 is 34.8 Å². The molecular weight excluding hydrogens is 346 g/mol. The lowest BCUT2D eigenvalue weighted by atomic mass is 9.91. The van der Waals surface area contributed by atoms with Crippen LogP contribution in [0.4, 0.5) is 10.1 Å². The molecule has 0 aromatic heterocycles. The van der Waals surface area contributed by atoms with E-state index in [2.05, 4.69) is 5.32 Å². The highest BCUT2D eigenvalue weighted by Crippen LogP contribution is 2.41. The predicted octanol–water partition coefficient (Wildman–Crippen LogP) is 5.10. The van der Waals surface area contributed by atoms with Crippen LogP contribution in [0.1, 0.15) is 19.3 Å². The quantitative estimate of drug-likeness (QED) is 0.554. The topological polar surface area (TPSA) is 15.3 Å². The van der Waals surface area contributed by atoms with Crippen molar-refractivity contribution in [1.82, 2.24) is 5.32 Å². The Hall–Kier alpha value is -0.740. The number of benzene rings is 1. The number of fused-ring (bicyclic) bond motifs is 3. The Kier molecular flexibility index (Phi) is 3.65. The lowest BCUT2D eigenvalue weighted by molar-refractivity contribution is 0.351. The monoisotopic (exact) mass is 358 g/mol. The second kappa shape index (κ2) is 5.41. The van der Waals surface area contributed by atoms with E-state index >= 15 is 4.39 Å². The molecule has 3 atom stereocenters. The van der Waals surface area contributed by atoms with Gasteiger partial charge in [0.25, 0.3) is 0 Å². The van der Waals surface area contributed by atoms with E-state index in [1.54, 1.807) is 23.2 Å². The molecule has 1 aromatic carbocycles. The molecule has 3 aliphatic heterocycles. The molecule has 0 spiro atoms. The van der Waals surface area contributed by atoms with Crippen LogP contribution in [0.2, 0.25) is 15.1 Å². The third kappa shape index (κ3) is 2.26. The van der Waals surface area contributed by atoms with Crippen LogP contribution in [0.5, 0.6) is 0 Å². The molecule has 4 rings (SSSR count). The second-order valence-corrected chi connectivity index (χ2v) is 7.15. The maximum atomic E-state index is 15.1. The standard InChI is InChI=1S/C16H14Cl3FN2/c17-12-6-9(7-13(18)15(12)19)22-4-3-10-11(16(22)20)5-8-1-2-14(10)21-8/h3-4,6-8,14,16,21H,1-2,5H2. The molecule has 0 radical (unpaired) electrons. The number of alkyl halides is 1. The zero-order valence-electron chi connectivity index (χ0n) is 11.6. The molecular formula is C16H14Cl3FN2. The van der Waals surface area contributed by atoms with Crippen molar-refractivity contribution in [3.63, 3.8) is 0 Å². The van der Waals surface area contributed by atoms with Gasteiger partial charge in [0.15, 0.2) is 6.30 Å². The number of halogens is 4. The molecule has 6 heteroatoms. The first kappa shape index (κ1) is 14.8. The Morgan fingerprint density at radius 1 is 1.14 bits per heavy atom. The average molecular weight is 360 g/mol. The van der Waals surface area contributed by atoms with Gasteiger partial charge in [-0.05, 0) is 48.6 Å². The van der Waals surface area contributed by atoms with E-state index in [0.717, 1.165) is 30.4 Å². The number of hydrogen-bond acceptors (Lipinski definition) is 2. The Morgan fingerprint density at radius 3 is 2.59 bits per heavy atom. The van der Waals surface area contributed by atoms with Gasteiger partial charge in [0.1, 0.15) is 0 Å². The highest BCUT2D eigenvalue weighted by Gasteiger charge is 2.39. The summed E-state index contributed by atoms with van der Waals surface area (Å²) in [6.07, 6.45) is 5.53. The molecule has 1 fully saturated rings. The summed E-state index contributed by atoms with van der Waals surface area (Å²) in [7, 11) is 0. The van der Waals surface area contributed by atoms with E-state index in [-0.39, 0.29) is 0 Å². The van der Waals surface area contributed by atoms with Crippen molar-refractivity contribution in [2.75, 3.05) is 4.90 Å². The van der Waals surface area contributed by atoms with Crippen molar-refractivity contribution in [3.05, 3.63) is 50.6 Å². The Morgan fingerprint density at radius 2 is 1.86 bits per heavy atom. The Labute approximate surface area is 143 Å². The van der Waals surface area contributed by atoms with E-state index in [1.165, 1.54) is 0 Å². The lowest BCUT2D eigenvalue weighted by Crippen LogP contribution is -2.42. The smallest absolute Gasteiger partial charge is 0.198 e. The van der Waals surface area contributed by atoms with Gasteiger partial charge in [0.05, 0.1) is 15.1 Å². The van der Waals surface area contributed by atoms with Gasteiger partial charge in [-0.25, -0.2) is 4.39 Å². The number of nitrogens with one attached hydrogen (secondary N) is 1. The highest BCUT2D eigenvalue weighted by atomic mass is 35.5. The van der Waals surface area contributed by atoms with Crippen molar-refractivity contribution in [3.8, 4) is 0 Å². The van der Waals surface area contributed by atoms with Gasteiger partial charge in [0, 0.05) is 24.0 Å². The summed E-state index contributed by atoms with van der Waals surface area (Å²) in [5.74, 6) is 0. The van der Waals surface area contributed by atoms with E-state index < -0.39 is 6.30 Å². The van der Waals surface area contributed by atoms with E-state index in [4.69, 9.17) is 34.8 Å². The van der Waals surface area contributed by atoms with Crippen LogP contribution in [0.25, 0.3) is 0 Å². The van der Waals surface area contributed by atoms with Crippen molar-refractivity contribution in [2.45, 2.75) is 37.6 Å². The zero-order valence-corrected chi connectivity index (χ0v) is 13.9. The maximum absolute atomic E-state index is 15.1. The molecule has 0 aliphatic carbocycles. The molecule has 1 saturated heterocycles. The molecule has 1 aromatic rings. The summed E-state index contributed by atoms with van der Waals surface area (Å²) in [6.45, 7) is 0. The molecule has 1 N–H and O–H groups in total. The molecule has 0 saturated carbocycles.